The smallest absolute Gasteiger partial charge is 0.208 e. The van der Waals surface area contributed by atoms with E-state index in [1.807, 2.05) is 38.1 Å². The van der Waals surface area contributed by atoms with Gasteiger partial charge >= 0.3 is 0 Å². The third-order valence-electron chi connectivity index (χ3n) is 2.22. The molecule has 2 rings (SSSR count). The van der Waals surface area contributed by atoms with E-state index in [1.54, 1.807) is 6.20 Å². The SMILES string of the molecule is CC(C)Oc1cccc(-c2cnc(CN)o2)c1. The van der Waals surface area contributed by atoms with E-state index in [4.69, 9.17) is 14.9 Å². The lowest BCUT2D eigenvalue weighted by atomic mass is 10.2. The first-order valence-corrected chi connectivity index (χ1v) is 5.61. The van der Waals surface area contributed by atoms with Gasteiger partial charge in [-0.3, -0.25) is 0 Å². The molecular weight excluding hydrogens is 216 g/mol. The van der Waals surface area contributed by atoms with E-state index in [0.29, 0.717) is 18.2 Å². The van der Waals surface area contributed by atoms with Crippen molar-refractivity contribution in [2.45, 2.75) is 26.5 Å². The van der Waals surface area contributed by atoms with Gasteiger partial charge in [-0.15, -0.1) is 0 Å². The minimum atomic E-state index is 0.152. The van der Waals surface area contributed by atoms with Crippen LogP contribution in [0, 0.1) is 0 Å². The molecule has 1 heterocycles. The molecule has 2 N–H and O–H groups in total. The first-order chi connectivity index (χ1) is 8.19. The van der Waals surface area contributed by atoms with Crippen LogP contribution in [0.1, 0.15) is 19.7 Å². The van der Waals surface area contributed by atoms with Crippen LogP contribution in [0.25, 0.3) is 11.3 Å². The Labute approximate surface area is 100 Å². The molecule has 17 heavy (non-hydrogen) atoms. The van der Waals surface area contributed by atoms with E-state index in [0.717, 1.165) is 11.3 Å². The van der Waals surface area contributed by atoms with E-state index in [2.05, 4.69) is 4.98 Å². The number of oxazole rings is 1. The lowest BCUT2D eigenvalue weighted by molar-refractivity contribution is 0.242. The van der Waals surface area contributed by atoms with E-state index >= 15 is 0 Å². The van der Waals surface area contributed by atoms with Crippen molar-refractivity contribution in [3.05, 3.63) is 36.4 Å². The largest absolute Gasteiger partial charge is 0.491 e. The quantitative estimate of drug-likeness (QED) is 0.880. The van der Waals surface area contributed by atoms with Gasteiger partial charge < -0.3 is 14.9 Å². The molecule has 4 heteroatoms. The van der Waals surface area contributed by atoms with Gasteiger partial charge in [0.15, 0.2) is 5.76 Å². The summed E-state index contributed by atoms with van der Waals surface area (Å²) < 4.78 is 11.1. The van der Waals surface area contributed by atoms with Crippen LogP contribution >= 0.6 is 0 Å². The zero-order valence-electron chi connectivity index (χ0n) is 10.0. The van der Waals surface area contributed by atoms with Crippen LogP contribution in [0.4, 0.5) is 0 Å². The Morgan fingerprint density at radius 3 is 2.88 bits per heavy atom. The Kier molecular flexibility index (Phi) is 3.44. The zero-order chi connectivity index (χ0) is 12.3. The number of nitrogens with zero attached hydrogens (tertiary/aromatic N) is 1. The Balaban J connectivity index is 2.26. The molecule has 0 saturated heterocycles. The van der Waals surface area contributed by atoms with Crippen LogP contribution in [-0.2, 0) is 6.54 Å². The number of aromatic nitrogens is 1. The first-order valence-electron chi connectivity index (χ1n) is 5.61. The van der Waals surface area contributed by atoms with Crippen LogP contribution in [-0.4, -0.2) is 11.1 Å². The van der Waals surface area contributed by atoms with Crippen LogP contribution in [0.5, 0.6) is 5.75 Å². The second kappa shape index (κ2) is 5.01. The van der Waals surface area contributed by atoms with Crippen LogP contribution < -0.4 is 10.5 Å². The van der Waals surface area contributed by atoms with Gasteiger partial charge in [0.2, 0.25) is 5.89 Å². The van der Waals surface area contributed by atoms with E-state index in [1.165, 1.54) is 0 Å². The Hall–Kier alpha value is -1.81. The average Bonchev–Trinajstić information content (AvgIpc) is 2.77. The molecule has 0 aliphatic heterocycles. The van der Waals surface area contributed by atoms with Gasteiger partial charge in [-0.05, 0) is 26.0 Å². The maximum Gasteiger partial charge on any atom is 0.208 e. The molecule has 1 aromatic carbocycles. The van der Waals surface area contributed by atoms with Gasteiger partial charge in [-0.25, -0.2) is 4.98 Å². The molecular formula is C13H16N2O2. The number of ether oxygens (including phenoxy) is 1. The number of nitrogens with two attached hydrogens (primary N) is 1. The highest BCUT2D eigenvalue weighted by Gasteiger charge is 2.06. The topological polar surface area (TPSA) is 61.3 Å². The zero-order valence-corrected chi connectivity index (χ0v) is 10.0. The van der Waals surface area contributed by atoms with Crippen LogP contribution in [0.15, 0.2) is 34.9 Å². The third kappa shape index (κ3) is 2.85. The molecule has 0 aliphatic carbocycles. The summed E-state index contributed by atoms with van der Waals surface area (Å²) in [5, 5.41) is 0. The molecule has 1 aromatic heterocycles. The molecule has 0 amide bonds. The van der Waals surface area contributed by atoms with Crippen molar-refractivity contribution in [1.82, 2.24) is 4.98 Å². The summed E-state index contributed by atoms with van der Waals surface area (Å²) in [6, 6.07) is 7.73. The standard InChI is InChI=1S/C13H16N2O2/c1-9(2)16-11-5-3-4-10(6-11)12-8-15-13(7-14)17-12/h3-6,8-9H,7,14H2,1-2H3. The summed E-state index contributed by atoms with van der Waals surface area (Å²) in [5.74, 6) is 2.07. The van der Waals surface area contributed by atoms with Crippen molar-refractivity contribution in [1.29, 1.82) is 0 Å². The van der Waals surface area contributed by atoms with Gasteiger partial charge in [0.05, 0.1) is 18.8 Å². The monoisotopic (exact) mass is 232 g/mol. The summed E-state index contributed by atoms with van der Waals surface area (Å²) in [5.41, 5.74) is 6.40. The van der Waals surface area contributed by atoms with Crippen molar-refractivity contribution in [2.75, 3.05) is 0 Å². The lowest BCUT2D eigenvalue weighted by Gasteiger charge is -2.09. The lowest BCUT2D eigenvalue weighted by Crippen LogP contribution is -2.05. The van der Waals surface area contributed by atoms with Crippen LogP contribution in [0.3, 0.4) is 0 Å². The molecule has 0 bridgehead atoms. The number of rotatable bonds is 4. The minimum Gasteiger partial charge on any atom is -0.491 e. The van der Waals surface area contributed by atoms with E-state index in [9.17, 15) is 0 Å². The summed E-state index contributed by atoms with van der Waals surface area (Å²) in [6.45, 7) is 4.30. The summed E-state index contributed by atoms with van der Waals surface area (Å²) in [7, 11) is 0. The first kappa shape index (κ1) is 11.7. The molecule has 4 nitrogen and oxygen atoms in total. The summed E-state index contributed by atoms with van der Waals surface area (Å²) >= 11 is 0. The maximum absolute atomic E-state index is 5.62. The van der Waals surface area contributed by atoms with E-state index < -0.39 is 0 Å². The normalized spacial score (nSPS) is 10.8. The average molecular weight is 232 g/mol. The summed E-state index contributed by atoms with van der Waals surface area (Å²) in [6.07, 6.45) is 1.83. The molecule has 0 atom stereocenters. The molecule has 0 spiro atoms. The van der Waals surface area contributed by atoms with Gasteiger partial charge in [0, 0.05) is 5.56 Å². The second-order valence-electron chi connectivity index (χ2n) is 4.02. The highest BCUT2D eigenvalue weighted by atomic mass is 16.5. The van der Waals surface area contributed by atoms with Gasteiger partial charge in [-0.1, -0.05) is 12.1 Å². The fraction of sp³-hybridized carbons (Fsp3) is 0.308. The van der Waals surface area contributed by atoms with Gasteiger partial charge in [0.1, 0.15) is 5.75 Å². The van der Waals surface area contributed by atoms with Crippen molar-refractivity contribution in [2.24, 2.45) is 5.73 Å². The predicted molar refractivity (Wildman–Crippen MR) is 65.6 cm³/mol. The highest BCUT2D eigenvalue weighted by Crippen LogP contribution is 2.25. The van der Waals surface area contributed by atoms with Crippen molar-refractivity contribution in [3.63, 3.8) is 0 Å². The third-order valence-corrected chi connectivity index (χ3v) is 2.22. The predicted octanol–water partition coefficient (Wildman–Crippen LogP) is 2.59. The highest BCUT2D eigenvalue weighted by molar-refractivity contribution is 5.58. The molecule has 0 radical (unpaired) electrons. The second-order valence-corrected chi connectivity index (χ2v) is 4.02. The molecule has 0 unspecified atom stereocenters. The van der Waals surface area contributed by atoms with E-state index in [-0.39, 0.29) is 6.10 Å². The fourth-order valence-corrected chi connectivity index (χ4v) is 1.53. The maximum atomic E-state index is 5.62. The van der Waals surface area contributed by atoms with Crippen molar-refractivity contribution in [3.8, 4) is 17.1 Å². The Morgan fingerprint density at radius 1 is 1.41 bits per heavy atom. The fourth-order valence-electron chi connectivity index (χ4n) is 1.53. The molecule has 0 saturated carbocycles. The van der Waals surface area contributed by atoms with Crippen LogP contribution in [0.2, 0.25) is 0 Å². The van der Waals surface area contributed by atoms with Gasteiger partial charge in [0.25, 0.3) is 0 Å². The number of hydrogen-bond donors (Lipinski definition) is 1. The molecule has 90 valence electrons. The Morgan fingerprint density at radius 2 is 2.24 bits per heavy atom. The van der Waals surface area contributed by atoms with Crippen molar-refractivity contribution >= 4 is 0 Å². The Bertz CT molecular complexity index is 492. The van der Waals surface area contributed by atoms with Crippen molar-refractivity contribution < 1.29 is 9.15 Å². The number of hydrogen-bond acceptors (Lipinski definition) is 4. The molecule has 0 fully saturated rings. The number of benzene rings is 1. The van der Waals surface area contributed by atoms with Gasteiger partial charge in [-0.2, -0.15) is 0 Å². The minimum absolute atomic E-state index is 0.152. The summed E-state index contributed by atoms with van der Waals surface area (Å²) in [4.78, 5) is 4.07. The molecule has 2 aromatic rings. The molecule has 0 aliphatic rings.